The van der Waals surface area contributed by atoms with Gasteiger partial charge in [-0.3, -0.25) is 9.98 Å². The van der Waals surface area contributed by atoms with Crippen LogP contribution in [0.1, 0.15) is 11.1 Å². The molecule has 0 atom stereocenters. The predicted molar refractivity (Wildman–Crippen MR) is 139 cm³/mol. The van der Waals surface area contributed by atoms with Crippen molar-refractivity contribution in [3.8, 4) is 11.1 Å². The lowest BCUT2D eigenvalue weighted by Crippen LogP contribution is -1.81. The molecule has 2 heteroatoms. The minimum Gasteiger partial charge on any atom is -0.256 e. The van der Waals surface area contributed by atoms with Crippen LogP contribution < -0.4 is 0 Å². The van der Waals surface area contributed by atoms with Gasteiger partial charge in [0, 0.05) is 23.6 Å². The molecule has 4 aromatic rings. The van der Waals surface area contributed by atoms with Gasteiger partial charge < -0.3 is 0 Å². The van der Waals surface area contributed by atoms with E-state index < -0.39 is 0 Å². The number of allylic oxidation sites excluding steroid dienone is 2. The fourth-order valence-corrected chi connectivity index (χ4v) is 3.31. The van der Waals surface area contributed by atoms with Crippen molar-refractivity contribution in [1.29, 1.82) is 0 Å². The van der Waals surface area contributed by atoms with Crippen molar-refractivity contribution in [1.82, 2.24) is 0 Å². The van der Waals surface area contributed by atoms with E-state index >= 15 is 0 Å². The van der Waals surface area contributed by atoms with Crippen molar-refractivity contribution in [2.24, 2.45) is 9.98 Å². The van der Waals surface area contributed by atoms with E-state index in [4.69, 9.17) is 9.98 Å². The van der Waals surface area contributed by atoms with E-state index in [0.717, 1.165) is 33.6 Å². The standard InChI is InChI=1S/C30H24N2/c1-3-13-25(14-4-1)17-11-23-31-29-21-9-7-19-27(29)28-20-8-10-22-30(28)32-24-12-18-26-15-5-2-6-16-26/h1-24H/b17-11-,18-12-,31-23?,32-24?. The number of nitrogens with zero attached hydrogens (tertiary/aromatic N) is 2. The molecule has 2 nitrogen and oxygen atoms in total. The first-order chi connectivity index (χ1) is 15.9. The molecule has 0 heterocycles. The Morgan fingerprint density at radius 1 is 0.406 bits per heavy atom. The molecule has 0 amide bonds. The van der Waals surface area contributed by atoms with Gasteiger partial charge in [0.1, 0.15) is 0 Å². The summed E-state index contributed by atoms with van der Waals surface area (Å²) in [5.41, 5.74) is 6.22. The summed E-state index contributed by atoms with van der Waals surface area (Å²) >= 11 is 0. The molecular weight excluding hydrogens is 388 g/mol. The van der Waals surface area contributed by atoms with Crippen molar-refractivity contribution in [2.45, 2.75) is 0 Å². The Kier molecular flexibility index (Phi) is 7.33. The largest absolute Gasteiger partial charge is 0.256 e. The Hall–Kier alpha value is -4.30. The van der Waals surface area contributed by atoms with Crippen LogP contribution in [-0.2, 0) is 0 Å². The Labute approximate surface area is 189 Å². The lowest BCUT2D eigenvalue weighted by atomic mass is 10.0. The maximum Gasteiger partial charge on any atom is 0.0708 e. The van der Waals surface area contributed by atoms with Gasteiger partial charge in [-0.1, -0.05) is 109 Å². The Balaban J connectivity index is 1.55. The molecule has 0 spiro atoms. The zero-order valence-electron chi connectivity index (χ0n) is 17.8. The average Bonchev–Trinajstić information content (AvgIpc) is 2.86. The zero-order chi connectivity index (χ0) is 21.8. The molecule has 0 saturated heterocycles. The highest BCUT2D eigenvalue weighted by Gasteiger charge is 2.07. The number of benzene rings is 4. The van der Waals surface area contributed by atoms with Crippen LogP contribution in [0, 0.1) is 0 Å². The molecule has 4 rings (SSSR count). The summed E-state index contributed by atoms with van der Waals surface area (Å²) in [5, 5.41) is 0. The molecule has 0 fully saturated rings. The monoisotopic (exact) mass is 412 g/mol. The van der Waals surface area contributed by atoms with E-state index in [2.05, 4.69) is 36.4 Å². The summed E-state index contributed by atoms with van der Waals surface area (Å²) in [4.78, 5) is 9.39. The third-order valence-corrected chi connectivity index (χ3v) is 4.87. The van der Waals surface area contributed by atoms with Gasteiger partial charge in [-0.15, -0.1) is 0 Å². The molecular formula is C30H24N2. The highest BCUT2D eigenvalue weighted by atomic mass is 14.7. The molecule has 0 unspecified atom stereocenters. The Morgan fingerprint density at radius 3 is 1.22 bits per heavy atom. The number of hydrogen-bond donors (Lipinski definition) is 0. The van der Waals surface area contributed by atoms with Gasteiger partial charge in [0.05, 0.1) is 11.4 Å². The molecule has 0 aliphatic rings. The van der Waals surface area contributed by atoms with E-state index in [0.29, 0.717) is 0 Å². The van der Waals surface area contributed by atoms with Crippen molar-refractivity contribution in [3.05, 3.63) is 132 Å². The molecule has 0 radical (unpaired) electrons. The molecule has 154 valence electrons. The smallest absolute Gasteiger partial charge is 0.0708 e. The maximum absolute atomic E-state index is 4.70. The molecule has 0 bridgehead atoms. The summed E-state index contributed by atoms with van der Waals surface area (Å²) in [6.45, 7) is 0. The lowest BCUT2D eigenvalue weighted by Gasteiger charge is -2.08. The minimum absolute atomic E-state index is 0.910. The second-order valence-electron chi connectivity index (χ2n) is 7.13. The Bertz CT molecular complexity index is 1150. The topological polar surface area (TPSA) is 24.7 Å². The van der Waals surface area contributed by atoms with Gasteiger partial charge in [0.25, 0.3) is 0 Å². The zero-order valence-corrected chi connectivity index (χ0v) is 17.8. The molecule has 0 aliphatic heterocycles. The van der Waals surface area contributed by atoms with Crippen LogP contribution in [0.2, 0.25) is 0 Å². The van der Waals surface area contributed by atoms with Crippen LogP contribution >= 0.6 is 0 Å². The molecule has 0 aliphatic carbocycles. The second kappa shape index (κ2) is 11.2. The fourth-order valence-electron chi connectivity index (χ4n) is 3.31. The molecule has 0 aromatic heterocycles. The van der Waals surface area contributed by atoms with E-state index in [9.17, 15) is 0 Å². The van der Waals surface area contributed by atoms with E-state index in [1.807, 2.05) is 110 Å². The van der Waals surface area contributed by atoms with Crippen LogP contribution in [-0.4, -0.2) is 12.4 Å². The number of aliphatic imine (C=N–C) groups is 2. The lowest BCUT2D eigenvalue weighted by molar-refractivity contribution is 1.48. The highest BCUT2D eigenvalue weighted by molar-refractivity contribution is 5.90. The molecule has 0 N–H and O–H groups in total. The average molecular weight is 413 g/mol. The van der Waals surface area contributed by atoms with Gasteiger partial charge in [0.15, 0.2) is 0 Å². The highest BCUT2D eigenvalue weighted by Crippen LogP contribution is 2.36. The SMILES string of the molecule is C(/C=C\c1ccccc1)=Nc1ccccc1-c1ccccc1N=C/C=C\c1ccccc1. The van der Waals surface area contributed by atoms with Crippen LogP contribution in [0.25, 0.3) is 23.3 Å². The summed E-state index contributed by atoms with van der Waals surface area (Å²) in [6, 6.07) is 36.7. The van der Waals surface area contributed by atoms with Crippen molar-refractivity contribution >= 4 is 36.0 Å². The third-order valence-electron chi connectivity index (χ3n) is 4.87. The van der Waals surface area contributed by atoms with Crippen molar-refractivity contribution in [3.63, 3.8) is 0 Å². The number of para-hydroxylation sites is 2. The van der Waals surface area contributed by atoms with Gasteiger partial charge >= 0.3 is 0 Å². The predicted octanol–water partition coefficient (Wildman–Crippen LogP) is 8.19. The summed E-state index contributed by atoms with van der Waals surface area (Å²) in [5.74, 6) is 0. The van der Waals surface area contributed by atoms with E-state index in [1.165, 1.54) is 0 Å². The molecule has 32 heavy (non-hydrogen) atoms. The van der Waals surface area contributed by atoms with Gasteiger partial charge in [-0.2, -0.15) is 0 Å². The van der Waals surface area contributed by atoms with Gasteiger partial charge in [-0.05, 0) is 35.4 Å². The van der Waals surface area contributed by atoms with E-state index in [1.54, 1.807) is 0 Å². The first-order valence-corrected chi connectivity index (χ1v) is 10.6. The van der Waals surface area contributed by atoms with Crippen LogP contribution in [0.3, 0.4) is 0 Å². The molecule has 4 aromatic carbocycles. The Morgan fingerprint density at radius 2 is 0.781 bits per heavy atom. The number of rotatable bonds is 7. The molecule has 0 saturated carbocycles. The van der Waals surface area contributed by atoms with E-state index in [-0.39, 0.29) is 0 Å². The van der Waals surface area contributed by atoms with Crippen molar-refractivity contribution < 1.29 is 0 Å². The third kappa shape index (κ3) is 5.87. The quantitative estimate of drug-likeness (QED) is 0.273. The fraction of sp³-hybridized carbons (Fsp3) is 0. The minimum atomic E-state index is 0.910. The van der Waals surface area contributed by atoms with Gasteiger partial charge in [0.2, 0.25) is 0 Å². The van der Waals surface area contributed by atoms with Crippen LogP contribution in [0.15, 0.2) is 131 Å². The van der Waals surface area contributed by atoms with Gasteiger partial charge in [-0.25, -0.2) is 0 Å². The first kappa shape index (κ1) is 21.0. The summed E-state index contributed by atoms with van der Waals surface area (Å²) in [7, 11) is 0. The van der Waals surface area contributed by atoms with Crippen molar-refractivity contribution in [2.75, 3.05) is 0 Å². The second-order valence-corrected chi connectivity index (χ2v) is 7.13. The first-order valence-electron chi connectivity index (χ1n) is 10.6. The summed E-state index contributed by atoms with van der Waals surface area (Å²) in [6.07, 6.45) is 11.7. The normalized spacial score (nSPS) is 11.9. The van der Waals surface area contributed by atoms with Crippen LogP contribution in [0.5, 0.6) is 0 Å². The maximum atomic E-state index is 4.70. The number of hydrogen-bond acceptors (Lipinski definition) is 2. The summed E-state index contributed by atoms with van der Waals surface area (Å²) < 4.78 is 0. The van der Waals surface area contributed by atoms with Crippen LogP contribution in [0.4, 0.5) is 11.4 Å².